The second-order valence-electron chi connectivity index (χ2n) is 11.8. The lowest BCUT2D eigenvalue weighted by atomic mass is 9.89. The molecule has 0 saturated carbocycles. The average molecular weight is 581 g/mol. The molecular weight excluding hydrogens is 549 g/mol. The van der Waals surface area contributed by atoms with Gasteiger partial charge in [-0.1, -0.05) is 128 Å². The Morgan fingerprint density at radius 3 is 2.50 bits per heavy atom. The molecule has 0 aliphatic heterocycles. The normalized spacial score (nSPS) is 15.9. The standard InChI is InChI=1S/C43H32S/c1-3-10-29(31-18-20-35-25-33-11-4-5-14-38(33)40(35)26-31)23-28(2)36-12-6-7-13-37(36)34-19-17-30(24-34)32-21-22-43-41(27-32)39-15-8-9-16-42(39)44-43/h3-24,26-27,34H,1,25H2,2H3/b28-23+,29-10+. The van der Waals surface area contributed by atoms with Crippen LogP contribution in [-0.4, -0.2) is 0 Å². The van der Waals surface area contributed by atoms with Crippen LogP contribution in [0.25, 0.3) is 48.0 Å². The largest absolute Gasteiger partial charge is 0.135 e. The Hall–Kier alpha value is -4.98. The van der Waals surface area contributed by atoms with Crippen molar-refractivity contribution in [3.05, 3.63) is 186 Å². The molecule has 44 heavy (non-hydrogen) atoms. The van der Waals surface area contributed by atoms with E-state index in [0.29, 0.717) is 0 Å². The van der Waals surface area contributed by atoms with Crippen LogP contribution in [0, 0.1) is 0 Å². The first-order valence-electron chi connectivity index (χ1n) is 15.3. The van der Waals surface area contributed by atoms with E-state index in [4.69, 9.17) is 0 Å². The van der Waals surface area contributed by atoms with Crippen molar-refractivity contribution in [3.8, 4) is 11.1 Å². The topological polar surface area (TPSA) is 0 Å². The van der Waals surface area contributed by atoms with E-state index in [1.807, 2.05) is 17.4 Å². The van der Waals surface area contributed by atoms with E-state index in [1.54, 1.807) is 0 Å². The molecule has 210 valence electrons. The highest BCUT2D eigenvalue weighted by Gasteiger charge is 2.20. The Morgan fingerprint density at radius 2 is 1.57 bits per heavy atom. The number of hydrogen-bond donors (Lipinski definition) is 0. The average Bonchev–Trinajstić information content (AvgIpc) is 3.79. The van der Waals surface area contributed by atoms with Gasteiger partial charge in [0.15, 0.2) is 0 Å². The summed E-state index contributed by atoms with van der Waals surface area (Å²) in [7, 11) is 0. The molecule has 0 amide bonds. The highest BCUT2D eigenvalue weighted by Crippen LogP contribution is 2.41. The van der Waals surface area contributed by atoms with Crippen LogP contribution < -0.4 is 0 Å². The zero-order valence-electron chi connectivity index (χ0n) is 24.8. The van der Waals surface area contributed by atoms with Crippen molar-refractivity contribution in [1.82, 2.24) is 0 Å². The second kappa shape index (κ2) is 10.9. The number of thiophene rings is 1. The molecule has 6 aromatic rings. The van der Waals surface area contributed by atoms with E-state index in [-0.39, 0.29) is 5.92 Å². The molecule has 1 aromatic heterocycles. The molecule has 0 radical (unpaired) electrons. The molecule has 1 atom stereocenters. The molecule has 0 nitrogen and oxygen atoms in total. The van der Waals surface area contributed by atoms with E-state index < -0.39 is 0 Å². The van der Waals surface area contributed by atoms with E-state index >= 15 is 0 Å². The summed E-state index contributed by atoms with van der Waals surface area (Å²) in [5.41, 5.74) is 14.3. The summed E-state index contributed by atoms with van der Waals surface area (Å²) < 4.78 is 2.69. The molecule has 1 heterocycles. The van der Waals surface area contributed by atoms with Gasteiger partial charge in [-0.15, -0.1) is 11.3 Å². The molecule has 5 aromatic carbocycles. The summed E-state index contributed by atoms with van der Waals surface area (Å²) in [6.07, 6.45) is 14.4. The maximum Gasteiger partial charge on any atom is 0.0355 e. The van der Waals surface area contributed by atoms with Crippen molar-refractivity contribution in [2.45, 2.75) is 19.3 Å². The number of fused-ring (bicyclic) bond motifs is 6. The van der Waals surface area contributed by atoms with Gasteiger partial charge in [0.2, 0.25) is 0 Å². The fraction of sp³-hybridized carbons (Fsp3) is 0.0698. The lowest BCUT2D eigenvalue weighted by Gasteiger charge is -2.15. The summed E-state index contributed by atoms with van der Waals surface area (Å²) in [6, 6.07) is 40.2. The third kappa shape index (κ3) is 4.61. The molecule has 8 rings (SSSR count). The third-order valence-electron chi connectivity index (χ3n) is 9.10. The summed E-state index contributed by atoms with van der Waals surface area (Å²) in [4.78, 5) is 0. The van der Waals surface area contributed by atoms with E-state index in [9.17, 15) is 0 Å². The minimum Gasteiger partial charge on any atom is -0.135 e. The lowest BCUT2D eigenvalue weighted by molar-refractivity contribution is 1.09. The van der Waals surface area contributed by atoms with Gasteiger partial charge in [-0.05, 0) is 98.8 Å². The Labute approximate surface area is 263 Å². The van der Waals surface area contributed by atoms with Crippen LogP contribution in [0.1, 0.15) is 46.2 Å². The van der Waals surface area contributed by atoms with Crippen molar-refractivity contribution in [3.63, 3.8) is 0 Å². The third-order valence-corrected chi connectivity index (χ3v) is 10.2. The van der Waals surface area contributed by atoms with Gasteiger partial charge in [0.1, 0.15) is 0 Å². The zero-order valence-corrected chi connectivity index (χ0v) is 25.6. The van der Waals surface area contributed by atoms with Crippen LogP contribution in [0.3, 0.4) is 0 Å². The molecule has 0 bridgehead atoms. The number of rotatable bonds is 6. The van der Waals surface area contributed by atoms with Crippen LogP contribution in [0.2, 0.25) is 0 Å². The molecular formula is C43H32S. The highest BCUT2D eigenvalue weighted by atomic mass is 32.1. The Morgan fingerprint density at radius 1 is 0.773 bits per heavy atom. The monoisotopic (exact) mass is 580 g/mol. The summed E-state index contributed by atoms with van der Waals surface area (Å²) >= 11 is 1.87. The summed E-state index contributed by atoms with van der Waals surface area (Å²) in [5.74, 6) is 0.225. The fourth-order valence-corrected chi connectivity index (χ4v) is 8.01. The second-order valence-corrected chi connectivity index (χ2v) is 12.9. The van der Waals surface area contributed by atoms with Gasteiger partial charge in [-0.25, -0.2) is 0 Å². The SMILES string of the molecule is C=C/C=C(\C=C(/C)c1ccccc1C1C=CC(c2ccc3sc4ccccc4c3c2)=C1)c1ccc2c(c1)-c1ccccc1C2. The predicted octanol–water partition coefficient (Wildman–Crippen LogP) is 12.0. The molecule has 1 heteroatoms. The fourth-order valence-electron chi connectivity index (χ4n) is 6.92. The van der Waals surface area contributed by atoms with Crippen LogP contribution in [0.4, 0.5) is 0 Å². The summed E-state index contributed by atoms with van der Waals surface area (Å²) in [6.45, 7) is 6.28. The molecule has 0 fully saturated rings. The Kier molecular flexibility index (Phi) is 6.62. The van der Waals surface area contributed by atoms with Gasteiger partial charge >= 0.3 is 0 Å². The minimum atomic E-state index is 0.225. The Bertz CT molecular complexity index is 2230. The minimum absolute atomic E-state index is 0.225. The summed E-state index contributed by atoms with van der Waals surface area (Å²) in [5, 5.41) is 2.69. The van der Waals surface area contributed by atoms with Gasteiger partial charge in [0, 0.05) is 26.1 Å². The maximum absolute atomic E-state index is 4.04. The van der Waals surface area contributed by atoms with Gasteiger partial charge in [-0.3, -0.25) is 0 Å². The predicted molar refractivity (Wildman–Crippen MR) is 192 cm³/mol. The van der Waals surface area contributed by atoms with E-state index in [2.05, 4.69) is 153 Å². The van der Waals surface area contributed by atoms with E-state index in [0.717, 1.165) is 6.42 Å². The van der Waals surface area contributed by atoms with Gasteiger partial charge in [-0.2, -0.15) is 0 Å². The van der Waals surface area contributed by atoms with Crippen molar-refractivity contribution < 1.29 is 0 Å². The van der Waals surface area contributed by atoms with Crippen molar-refractivity contribution in [2.75, 3.05) is 0 Å². The molecule has 0 N–H and O–H groups in total. The highest BCUT2D eigenvalue weighted by molar-refractivity contribution is 7.25. The molecule has 1 unspecified atom stereocenters. The van der Waals surface area contributed by atoms with Gasteiger partial charge in [0.05, 0.1) is 0 Å². The number of benzene rings is 5. The van der Waals surface area contributed by atoms with Crippen molar-refractivity contribution >= 4 is 48.2 Å². The number of hydrogen-bond acceptors (Lipinski definition) is 1. The van der Waals surface area contributed by atoms with Crippen LogP contribution >= 0.6 is 11.3 Å². The lowest BCUT2D eigenvalue weighted by Crippen LogP contribution is -1.96. The molecule has 0 spiro atoms. The first kappa shape index (κ1) is 26.6. The first-order valence-corrected chi connectivity index (χ1v) is 16.1. The molecule has 2 aliphatic carbocycles. The first-order chi connectivity index (χ1) is 21.7. The van der Waals surface area contributed by atoms with E-state index in [1.165, 1.54) is 81.4 Å². The van der Waals surface area contributed by atoms with Gasteiger partial charge in [0.25, 0.3) is 0 Å². The van der Waals surface area contributed by atoms with Crippen LogP contribution in [-0.2, 0) is 6.42 Å². The van der Waals surface area contributed by atoms with Crippen LogP contribution in [0.5, 0.6) is 0 Å². The molecule has 0 saturated heterocycles. The molecule has 2 aliphatic rings. The van der Waals surface area contributed by atoms with Gasteiger partial charge < -0.3 is 0 Å². The number of allylic oxidation sites excluding steroid dienone is 9. The maximum atomic E-state index is 4.04. The zero-order chi connectivity index (χ0) is 29.6. The van der Waals surface area contributed by atoms with Crippen molar-refractivity contribution in [1.29, 1.82) is 0 Å². The quantitative estimate of drug-likeness (QED) is 0.172. The van der Waals surface area contributed by atoms with Crippen molar-refractivity contribution in [2.24, 2.45) is 0 Å². The van der Waals surface area contributed by atoms with Crippen LogP contribution in [0.15, 0.2) is 152 Å². The smallest absolute Gasteiger partial charge is 0.0355 e. The Balaban J connectivity index is 1.13.